The van der Waals surface area contributed by atoms with Gasteiger partial charge in [0.2, 0.25) is 20.6 Å². The van der Waals surface area contributed by atoms with Gasteiger partial charge in [0.05, 0.1) is 29.7 Å². The molecule has 0 bridgehead atoms. The Morgan fingerprint density at radius 2 is 1.41 bits per heavy atom. The summed E-state index contributed by atoms with van der Waals surface area (Å²) in [6, 6.07) is 0. The van der Waals surface area contributed by atoms with E-state index in [0.717, 1.165) is 17.7 Å². The van der Waals surface area contributed by atoms with E-state index in [1.165, 1.54) is 0 Å². The maximum atomic E-state index is 12.1. The van der Waals surface area contributed by atoms with Crippen LogP contribution in [0.3, 0.4) is 0 Å². The fraction of sp³-hybridized carbons (Fsp3) is 0.786. The Labute approximate surface area is 162 Å². The summed E-state index contributed by atoms with van der Waals surface area (Å²) in [4.78, 5) is 11.0. The fourth-order valence-corrected chi connectivity index (χ4v) is 4.33. The summed E-state index contributed by atoms with van der Waals surface area (Å²) in [5.41, 5.74) is -0.860. The number of carbonyl (C=O) groups is 1. The molecule has 0 heterocycles. The molecule has 10 nitrogen and oxygen atoms in total. The predicted molar refractivity (Wildman–Crippen MR) is 99.1 cm³/mol. The molecular weight excluding hydrogens is 424 g/mol. The number of hydrogen-bond donors (Lipinski definition) is 0. The molecule has 0 spiro atoms. The number of carbonyl (C=O) groups excluding carboxylic acids is 1. The van der Waals surface area contributed by atoms with Crippen LogP contribution in [0, 0.1) is 5.41 Å². The van der Waals surface area contributed by atoms with Crippen molar-refractivity contribution in [2.75, 3.05) is 32.2 Å². The van der Waals surface area contributed by atoms with Gasteiger partial charge in [0.25, 0.3) is 0 Å². The van der Waals surface area contributed by atoms with Gasteiger partial charge in [-0.25, -0.2) is 0 Å². The van der Waals surface area contributed by atoms with Gasteiger partial charge in [0, 0.05) is 20.1 Å². The SMILES string of the molecule is CCC(CCOCC=S(=O)=O)(CCOCC=S(=O)=O)CS(=O)(=O)OC(C)=O. The zero-order valence-electron chi connectivity index (χ0n) is 15.1. The van der Waals surface area contributed by atoms with E-state index in [2.05, 4.69) is 4.18 Å². The van der Waals surface area contributed by atoms with Crippen molar-refractivity contribution in [3.05, 3.63) is 0 Å². The van der Waals surface area contributed by atoms with Crippen molar-refractivity contribution < 1.29 is 43.7 Å². The Morgan fingerprint density at radius 3 is 1.74 bits per heavy atom. The van der Waals surface area contributed by atoms with Crippen LogP contribution in [0.5, 0.6) is 0 Å². The largest absolute Gasteiger partial charge is 0.376 e. The molecule has 13 heteroatoms. The number of rotatable bonds is 14. The highest BCUT2D eigenvalue weighted by molar-refractivity contribution is 7.87. The normalized spacial score (nSPS) is 11.6. The Kier molecular flexibility index (Phi) is 12.4. The standard InChI is InChI=1S/C14H24O10S3/c1-3-14(4-6-22-8-10-25(16)17,5-7-23-9-11-26(18)19)12-27(20,21)24-13(2)15/h10-11H,3-9,12H2,1-2H3. The molecule has 0 fully saturated rings. The summed E-state index contributed by atoms with van der Waals surface area (Å²) in [5, 5.41) is 1.84. The van der Waals surface area contributed by atoms with Crippen molar-refractivity contribution in [2.45, 2.75) is 33.1 Å². The maximum absolute atomic E-state index is 12.1. The number of hydrogen-bond acceptors (Lipinski definition) is 10. The third-order valence-electron chi connectivity index (χ3n) is 3.67. The van der Waals surface area contributed by atoms with Crippen molar-refractivity contribution in [3.63, 3.8) is 0 Å². The van der Waals surface area contributed by atoms with E-state index >= 15 is 0 Å². The molecule has 0 aliphatic rings. The molecule has 158 valence electrons. The lowest BCUT2D eigenvalue weighted by molar-refractivity contribution is -0.131. The van der Waals surface area contributed by atoms with E-state index in [-0.39, 0.29) is 39.3 Å². The Morgan fingerprint density at radius 1 is 0.963 bits per heavy atom. The molecule has 0 aromatic rings. The zero-order valence-corrected chi connectivity index (χ0v) is 17.6. The molecule has 0 N–H and O–H groups in total. The highest BCUT2D eigenvalue weighted by atomic mass is 32.2. The Hall–Kier alpha value is -1.28. The summed E-state index contributed by atoms with van der Waals surface area (Å²) in [5.74, 6) is -1.41. The minimum Gasteiger partial charge on any atom is -0.376 e. The fourth-order valence-electron chi connectivity index (χ4n) is 2.26. The van der Waals surface area contributed by atoms with E-state index in [1.54, 1.807) is 6.92 Å². The minimum absolute atomic E-state index is 0.0772. The highest BCUT2D eigenvalue weighted by Gasteiger charge is 2.35. The average molecular weight is 449 g/mol. The van der Waals surface area contributed by atoms with E-state index in [0.29, 0.717) is 6.42 Å². The average Bonchev–Trinajstić information content (AvgIpc) is 2.51. The van der Waals surface area contributed by atoms with Gasteiger partial charge in [-0.3, -0.25) is 4.79 Å². The van der Waals surface area contributed by atoms with Crippen LogP contribution < -0.4 is 0 Å². The van der Waals surface area contributed by atoms with Crippen molar-refractivity contribution >= 4 is 47.4 Å². The second kappa shape index (κ2) is 13.0. The van der Waals surface area contributed by atoms with Gasteiger partial charge >= 0.3 is 16.1 Å². The second-order valence-corrected chi connectivity index (χ2v) is 8.91. The molecule has 0 saturated carbocycles. The number of ether oxygens (including phenoxy) is 2. The van der Waals surface area contributed by atoms with Crippen LogP contribution in [0.2, 0.25) is 0 Å². The first-order valence-electron chi connectivity index (χ1n) is 7.93. The van der Waals surface area contributed by atoms with E-state index in [9.17, 15) is 30.0 Å². The lowest BCUT2D eigenvalue weighted by Crippen LogP contribution is -2.34. The van der Waals surface area contributed by atoms with Crippen molar-refractivity contribution in [2.24, 2.45) is 5.41 Å². The van der Waals surface area contributed by atoms with Crippen LogP contribution in [0.1, 0.15) is 33.1 Å². The van der Waals surface area contributed by atoms with E-state index in [1.807, 2.05) is 0 Å². The summed E-state index contributed by atoms with van der Waals surface area (Å²) >= 11 is 0. The topological polar surface area (TPSA) is 147 Å². The molecule has 0 radical (unpaired) electrons. The van der Waals surface area contributed by atoms with E-state index in [4.69, 9.17) is 9.47 Å². The van der Waals surface area contributed by atoms with Gasteiger partial charge in [-0.2, -0.15) is 25.3 Å². The third-order valence-corrected chi connectivity index (χ3v) is 5.95. The predicted octanol–water partition coefficient (Wildman–Crippen LogP) is -0.548. The van der Waals surface area contributed by atoms with Gasteiger partial charge in [0.1, 0.15) is 0 Å². The van der Waals surface area contributed by atoms with Crippen molar-refractivity contribution in [3.8, 4) is 0 Å². The van der Waals surface area contributed by atoms with Gasteiger partial charge in [-0.05, 0) is 24.7 Å². The van der Waals surface area contributed by atoms with Gasteiger partial charge < -0.3 is 13.7 Å². The molecular formula is C14H24O10S3. The van der Waals surface area contributed by atoms with Crippen LogP contribution in [-0.2, 0) is 49.2 Å². The second-order valence-electron chi connectivity index (χ2n) is 5.63. The summed E-state index contributed by atoms with van der Waals surface area (Å²) in [7, 11) is -8.84. The van der Waals surface area contributed by atoms with E-state index < -0.39 is 47.8 Å². The first-order chi connectivity index (χ1) is 12.5. The van der Waals surface area contributed by atoms with Crippen LogP contribution in [0.25, 0.3) is 0 Å². The van der Waals surface area contributed by atoms with Gasteiger partial charge in [0.15, 0.2) is 0 Å². The molecule has 0 aromatic carbocycles. The molecule has 0 aromatic heterocycles. The first kappa shape index (κ1) is 25.7. The third kappa shape index (κ3) is 13.5. The lowest BCUT2D eigenvalue weighted by Gasteiger charge is -2.32. The van der Waals surface area contributed by atoms with Crippen molar-refractivity contribution in [1.29, 1.82) is 0 Å². The first-order valence-corrected chi connectivity index (χ1v) is 11.8. The smallest absolute Gasteiger partial charge is 0.319 e. The molecule has 0 amide bonds. The molecule has 0 atom stereocenters. The molecule has 0 saturated heterocycles. The molecule has 0 aliphatic carbocycles. The summed E-state index contributed by atoms with van der Waals surface area (Å²) < 4.78 is 80.6. The maximum Gasteiger partial charge on any atom is 0.319 e. The Balaban J connectivity index is 5.07. The monoisotopic (exact) mass is 448 g/mol. The van der Waals surface area contributed by atoms with Gasteiger partial charge in [-0.15, -0.1) is 0 Å². The Bertz CT molecular complexity index is 778. The molecule has 0 unspecified atom stereocenters. The molecule has 0 aliphatic heterocycles. The summed E-state index contributed by atoms with van der Waals surface area (Å²) in [6.07, 6.45) is 0.863. The van der Waals surface area contributed by atoms with Crippen LogP contribution in [0.15, 0.2) is 0 Å². The molecule has 27 heavy (non-hydrogen) atoms. The summed E-state index contributed by atoms with van der Waals surface area (Å²) in [6.45, 7) is 2.60. The zero-order chi connectivity index (χ0) is 20.9. The quantitative estimate of drug-likeness (QED) is 0.193. The van der Waals surface area contributed by atoms with Crippen LogP contribution >= 0.6 is 0 Å². The lowest BCUT2D eigenvalue weighted by atomic mass is 9.81. The highest BCUT2D eigenvalue weighted by Crippen LogP contribution is 2.33. The van der Waals surface area contributed by atoms with Gasteiger partial charge in [-0.1, -0.05) is 6.92 Å². The van der Waals surface area contributed by atoms with Crippen molar-refractivity contribution in [1.82, 2.24) is 0 Å². The minimum atomic E-state index is -4.14. The van der Waals surface area contributed by atoms with Crippen LogP contribution in [-0.4, -0.2) is 74.1 Å². The molecule has 0 rings (SSSR count). The van der Waals surface area contributed by atoms with Crippen LogP contribution in [0.4, 0.5) is 0 Å².